The van der Waals surface area contributed by atoms with Gasteiger partial charge in [-0.25, -0.2) is 0 Å². The number of aliphatic hydroxyl groups is 1. The Morgan fingerprint density at radius 2 is 1.95 bits per heavy atom. The molecule has 2 rings (SSSR count). The molecule has 0 fully saturated rings. The van der Waals surface area contributed by atoms with Crippen molar-refractivity contribution in [1.82, 2.24) is 0 Å². The Kier molecular flexibility index (Phi) is 3.60. The Bertz CT molecular complexity index is 573. The van der Waals surface area contributed by atoms with Crippen LogP contribution in [0, 0.1) is 0 Å². The minimum Gasteiger partial charge on any atom is -0.375 e. The minimum absolute atomic E-state index is 0.226. The molecule has 0 saturated carbocycles. The Balaban J connectivity index is 2.73. The molecule has 1 aromatic carbocycles. The Hall–Kier alpha value is -1.10. The van der Waals surface area contributed by atoms with Gasteiger partial charge in [-0.15, -0.1) is 0 Å². The van der Waals surface area contributed by atoms with Gasteiger partial charge < -0.3 is 10.0 Å². The van der Waals surface area contributed by atoms with Crippen molar-refractivity contribution in [3.05, 3.63) is 27.7 Å². The second-order valence-electron chi connectivity index (χ2n) is 4.54. The van der Waals surface area contributed by atoms with Crippen molar-refractivity contribution in [2.24, 2.45) is 0 Å². The number of halogens is 2. The summed E-state index contributed by atoms with van der Waals surface area (Å²) < 4.78 is 0. The van der Waals surface area contributed by atoms with Crippen molar-refractivity contribution in [2.45, 2.75) is 25.9 Å². The Labute approximate surface area is 120 Å². The summed E-state index contributed by atoms with van der Waals surface area (Å²) in [4.78, 5) is 25.1. The van der Waals surface area contributed by atoms with Crippen LogP contribution < -0.4 is 4.90 Å². The number of Topliss-reactive ketones (excluding diaryl/α,β-unsaturated/α-hetero) is 1. The van der Waals surface area contributed by atoms with Crippen LogP contribution in [0.4, 0.5) is 5.69 Å². The molecule has 0 aliphatic carbocycles. The van der Waals surface area contributed by atoms with Gasteiger partial charge in [0.25, 0.3) is 5.91 Å². The highest BCUT2D eigenvalue weighted by Gasteiger charge is 2.52. The third-order valence-electron chi connectivity index (χ3n) is 3.18. The van der Waals surface area contributed by atoms with Crippen LogP contribution in [0.15, 0.2) is 12.1 Å². The Morgan fingerprint density at radius 3 is 2.47 bits per heavy atom. The molecule has 1 heterocycles. The lowest BCUT2D eigenvalue weighted by atomic mass is 9.90. The lowest BCUT2D eigenvalue weighted by Gasteiger charge is -2.21. The fourth-order valence-corrected chi connectivity index (χ4v) is 3.02. The quantitative estimate of drug-likeness (QED) is 0.933. The molecule has 6 heteroatoms. The second-order valence-corrected chi connectivity index (χ2v) is 5.36. The third-order valence-corrected chi connectivity index (χ3v) is 3.80. The van der Waals surface area contributed by atoms with Crippen LogP contribution in [0.5, 0.6) is 0 Å². The molecule has 1 N–H and O–H groups in total. The maximum Gasteiger partial charge on any atom is 0.264 e. The van der Waals surface area contributed by atoms with Gasteiger partial charge in [0.2, 0.25) is 0 Å². The van der Waals surface area contributed by atoms with Gasteiger partial charge in [0.15, 0.2) is 5.60 Å². The molecule has 0 saturated heterocycles. The average Bonchev–Trinajstić information content (AvgIpc) is 2.54. The van der Waals surface area contributed by atoms with Crippen molar-refractivity contribution in [3.63, 3.8) is 0 Å². The number of amides is 1. The van der Waals surface area contributed by atoms with Gasteiger partial charge in [0.1, 0.15) is 5.78 Å². The number of anilines is 1. The number of carbonyl (C=O) groups excluding carboxylic acids is 2. The molecule has 1 amide bonds. The highest BCUT2D eigenvalue weighted by Crippen LogP contribution is 2.49. The third kappa shape index (κ3) is 2.04. The number of nitrogens with zero attached hydrogens (tertiary/aromatic N) is 1. The zero-order valence-corrected chi connectivity index (χ0v) is 12.0. The molecule has 0 radical (unpaired) electrons. The lowest BCUT2D eigenvalue weighted by molar-refractivity contribution is -0.141. The molecule has 1 unspecified atom stereocenters. The first-order valence-corrected chi connectivity index (χ1v) is 6.60. The van der Waals surface area contributed by atoms with Crippen LogP contribution >= 0.6 is 23.2 Å². The smallest absolute Gasteiger partial charge is 0.264 e. The lowest BCUT2D eigenvalue weighted by Crippen LogP contribution is -2.41. The van der Waals surface area contributed by atoms with E-state index in [-0.39, 0.29) is 22.8 Å². The van der Waals surface area contributed by atoms with Crippen molar-refractivity contribution < 1.29 is 14.7 Å². The topological polar surface area (TPSA) is 57.6 Å². The van der Waals surface area contributed by atoms with Crippen LogP contribution in [0.3, 0.4) is 0 Å². The zero-order valence-electron chi connectivity index (χ0n) is 10.5. The number of hydrogen-bond donors (Lipinski definition) is 1. The molecular formula is C13H13Cl2NO3. The van der Waals surface area contributed by atoms with Gasteiger partial charge in [0, 0.05) is 23.6 Å². The number of hydrogen-bond acceptors (Lipinski definition) is 3. The molecule has 0 bridgehead atoms. The zero-order chi connectivity index (χ0) is 14.4. The standard InChI is InChI=1S/C13H13Cl2NO3/c1-3-16-11-9(15)5-4-8(14)10(11)13(19,12(16)18)6-7(2)17/h4-5,19H,3,6H2,1-2H3. The number of fused-ring (bicyclic) bond motifs is 1. The van der Waals surface area contributed by atoms with Gasteiger partial charge in [-0.3, -0.25) is 9.59 Å². The molecule has 4 nitrogen and oxygen atoms in total. The van der Waals surface area contributed by atoms with Gasteiger partial charge >= 0.3 is 0 Å². The van der Waals surface area contributed by atoms with Crippen LogP contribution in [0.2, 0.25) is 10.0 Å². The van der Waals surface area contributed by atoms with E-state index in [2.05, 4.69) is 0 Å². The van der Waals surface area contributed by atoms with Gasteiger partial charge in [-0.1, -0.05) is 23.2 Å². The largest absolute Gasteiger partial charge is 0.375 e. The molecule has 0 aromatic heterocycles. The van der Waals surface area contributed by atoms with Crippen LogP contribution in [-0.4, -0.2) is 23.3 Å². The number of ketones is 1. The monoisotopic (exact) mass is 301 g/mol. The molecule has 102 valence electrons. The van der Waals surface area contributed by atoms with Crippen molar-refractivity contribution in [1.29, 1.82) is 0 Å². The van der Waals surface area contributed by atoms with E-state index in [0.717, 1.165) is 0 Å². The molecule has 1 aliphatic rings. The van der Waals surface area contributed by atoms with E-state index >= 15 is 0 Å². The number of rotatable bonds is 3. The normalized spacial score (nSPS) is 21.7. The van der Waals surface area contributed by atoms with Crippen LogP contribution in [0.25, 0.3) is 0 Å². The van der Waals surface area contributed by atoms with Gasteiger partial charge in [-0.05, 0) is 26.0 Å². The fraction of sp³-hybridized carbons (Fsp3) is 0.385. The molecule has 1 atom stereocenters. The predicted molar refractivity (Wildman–Crippen MR) is 73.7 cm³/mol. The van der Waals surface area contributed by atoms with E-state index in [4.69, 9.17) is 23.2 Å². The fourth-order valence-electron chi connectivity index (χ4n) is 2.46. The first-order chi connectivity index (χ1) is 8.82. The van der Waals surface area contributed by atoms with Crippen molar-refractivity contribution in [2.75, 3.05) is 11.4 Å². The highest BCUT2D eigenvalue weighted by molar-refractivity contribution is 6.38. The summed E-state index contributed by atoms with van der Waals surface area (Å²) >= 11 is 12.2. The summed E-state index contributed by atoms with van der Waals surface area (Å²) in [5.74, 6) is -0.856. The summed E-state index contributed by atoms with van der Waals surface area (Å²) in [6.45, 7) is 3.42. The first kappa shape index (κ1) is 14.3. The van der Waals surface area contributed by atoms with Gasteiger partial charge in [-0.2, -0.15) is 0 Å². The van der Waals surface area contributed by atoms with E-state index in [0.29, 0.717) is 17.3 Å². The molecule has 19 heavy (non-hydrogen) atoms. The molecule has 1 aromatic rings. The minimum atomic E-state index is -1.92. The van der Waals surface area contributed by atoms with Crippen molar-refractivity contribution >= 4 is 40.6 Å². The average molecular weight is 302 g/mol. The molecule has 1 aliphatic heterocycles. The maximum absolute atomic E-state index is 12.4. The highest BCUT2D eigenvalue weighted by atomic mass is 35.5. The second kappa shape index (κ2) is 4.78. The summed E-state index contributed by atoms with van der Waals surface area (Å²) in [6, 6.07) is 3.08. The first-order valence-electron chi connectivity index (χ1n) is 5.85. The number of benzene rings is 1. The summed E-state index contributed by atoms with van der Waals surface area (Å²) in [6.07, 6.45) is -0.310. The number of likely N-dealkylation sites (N-methyl/N-ethyl adjacent to an activating group) is 1. The van der Waals surface area contributed by atoms with E-state index in [1.165, 1.54) is 17.9 Å². The Morgan fingerprint density at radius 1 is 1.37 bits per heavy atom. The maximum atomic E-state index is 12.4. The van der Waals surface area contributed by atoms with Crippen molar-refractivity contribution in [3.8, 4) is 0 Å². The van der Waals surface area contributed by atoms with Gasteiger partial charge in [0.05, 0.1) is 10.7 Å². The van der Waals surface area contributed by atoms with E-state index in [1.807, 2.05) is 0 Å². The van der Waals surface area contributed by atoms with E-state index in [9.17, 15) is 14.7 Å². The molecule has 0 spiro atoms. The predicted octanol–water partition coefficient (Wildman–Crippen LogP) is 2.53. The molecular weight excluding hydrogens is 289 g/mol. The van der Waals surface area contributed by atoms with E-state index < -0.39 is 11.5 Å². The summed E-state index contributed by atoms with van der Waals surface area (Å²) in [5.41, 5.74) is -1.30. The van der Waals surface area contributed by atoms with Crippen LogP contribution in [0.1, 0.15) is 25.8 Å². The SMILES string of the molecule is CCN1C(=O)C(O)(CC(C)=O)c2c(Cl)ccc(Cl)c21. The summed E-state index contributed by atoms with van der Waals surface area (Å²) in [7, 11) is 0. The number of carbonyl (C=O) groups is 2. The van der Waals surface area contributed by atoms with Crippen LogP contribution in [-0.2, 0) is 15.2 Å². The van der Waals surface area contributed by atoms with E-state index in [1.54, 1.807) is 13.0 Å². The summed E-state index contributed by atoms with van der Waals surface area (Å²) in [5, 5.41) is 11.2.